The predicted octanol–water partition coefficient (Wildman–Crippen LogP) is 3.94. The van der Waals surface area contributed by atoms with Crippen LogP contribution in [0.2, 0.25) is 0 Å². The van der Waals surface area contributed by atoms with Crippen LogP contribution in [-0.4, -0.2) is 37.8 Å². The summed E-state index contributed by atoms with van der Waals surface area (Å²) in [5.41, 5.74) is 4.89. The molecule has 1 aromatic heterocycles. The maximum absolute atomic E-state index is 12.8. The molecule has 9 heteroatoms. The van der Waals surface area contributed by atoms with Crippen molar-refractivity contribution < 1.29 is 9.59 Å². The quantitative estimate of drug-likeness (QED) is 0.377. The van der Waals surface area contributed by atoms with Crippen LogP contribution in [0.1, 0.15) is 27.0 Å². The van der Waals surface area contributed by atoms with Gasteiger partial charge in [0, 0.05) is 6.54 Å². The van der Waals surface area contributed by atoms with Gasteiger partial charge in [0.1, 0.15) is 0 Å². The zero-order valence-corrected chi connectivity index (χ0v) is 19.7. The van der Waals surface area contributed by atoms with E-state index in [1.54, 1.807) is 28.9 Å². The highest BCUT2D eigenvalue weighted by Crippen LogP contribution is 2.21. The van der Waals surface area contributed by atoms with Gasteiger partial charge in [0.25, 0.3) is 5.91 Å². The fraction of sp³-hybridized carbons (Fsp3) is 0.160. The van der Waals surface area contributed by atoms with Crippen LogP contribution in [0.15, 0.2) is 78.0 Å². The van der Waals surface area contributed by atoms with Gasteiger partial charge >= 0.3 is 0 Å². The van der Waals surface area contributed by atoms with Crippen LogP contribution in [0.3, 0.4) is 0 Å². The highest BCUT2D eigenvalue weighted by Gasteiger charge is 2.16. The van der Waals surface area contributed by atoms with Gasteiger partial charge in [-0.2, -0.15) is 4.68 Å². The minimum absolute atomic E-state index is 0.0889. The summed E-state index contributed by atoms with van der Waals surface area (Å²) in [4.78, 5) is 25.4. The van der Waals surface area contributed by atoms with E-state index in [0.717, 1.165) is 22.4 Å². The van der Waals surface area contributed by atoms with Gasteiger partial charge in [-0.1, -0.05) is 71.9 Å². The number of aromatic nitrogens is 4. The fourth-order valence-corrected chi connectivity index (χ4v) is 3.99. The van der Waals surface area contributed by atoms with Gasteiger partial charge in [0.05, 0.1) is 22.7 Å². The number of nitrogens with zero attached hydrogens (tertiary/aromatic N) is 4. The van der Waals surface area contributed by atoms with E-state index in [4.69, 9.17) is 0 Å². The molecule has 0 aliphatic carbocycles. The van der Waals surface area contributed by atoms with Gasteiger partial charge in [0.2, 0.25) is 11.1 Å². The van der Waals surface area contributed by atoms with E-state index in [9.17, 15) is 9.59 Å². The Balaban J connectivity index is 1.38. The lowest BCUT2D eigenvalue weighted by molar-refractivity contribution is -0.113. The number of amides is 2. The molecule has 0 radical (unpaired) electrons. The third-order valence-corrected chi connectivity index (χ3v) is 6.06. The molecule has 2 amide bonds. The minimum atomic E-state index is -0.261. The first-order chi connectivity index (χ1) is 16.5. The van der Waals surface area contributed by atoms with Crippen LogP contribution in [0.4, 0.5) is 5.69 Å². The van der Waals surface area contributed by atoms with Crippen molar-refractivity contribution in [2.75, 3.05) is 11.1 Å². The summed E-state index contributed by atoms with van der Waals surface area (Å²) in [5, 5.41) is 18.1. The average molecular weight is 473 g/mol. The zero-order valence-electron chi connectivity index (χ0n) is 18.9. The number of hydrogen-bond acceptors (Lipinski definition) is 6. The first kappa shape index (κ1) is 23.2. The SMILES string of the molecule is Cc1ccc(CNC(=O)c2ccccc2NC(=O)CSc2nnnn2-c2ccccc2C)cc1. The molecular formula is C25H24N6O2S. The Morgan fingerprint density at radius 3 is 2.47 bits per heavy atom. The molecule has 0 bridgehead atoms. The highest BCUT2D eigenvalue weighted by molar-refractivity contribution is 7.99. The van der Waals surface area contributed by atoms with Crippen LogP contribution < -0.4 is 10.6 Å². The normalized spacial score (nSPS) is 10.6. The van der Waals surface area contributed by atoms with Crippen molar-refractivity contribution in [2.24, 2.45) is 0 Å². The number of benzene rings is 3. The summed E-state index contributed by atoms with van der Waals surface area (Å²) in [5.74, 6) is -0.429. The van der Waals surface area contributed by atoms with Gasteiger partial charge in [0.15, 0.2) is 0 Å². The van der Waals surface area contributed by atoms with Gasteiger partial charge < -0.3 is 10.6 Å². The number of hydrogen-bond donors (Lipinski definition) is 2. The van der Waals surface area contributed by atoms with E-state index in [1.165, 1.54) is 11.8 Å². The fourth-order valence-electron chi connectivity index (χ4n) is 3.31. The van der Waals surface area contributed by atoms with E-state index in [-0.39, 0.29) is 17.6 Å². The molecule has 4 aromatic rings. The number of anilines is 1. The first-order valence-electron chi connectivity index (χ1n) is 10.7. The Morgan fingerprint density at radius 2 is 1.68 bits per heavy atom. The van der Waals surface area contributed by atoms with E-state index in [2.05, 4.69) is 26.2 Å². The maximum Gasteiger partial charge on any atom is 0.253 e. The second-order valence-electron chi connectivity index (χ2n) is 7.71. The van der Waals surface area contributed by atoms with E-state index in [0.29, 0.717) is 23.0 Å². The Labute approximate surface area is 201 Å². The molecule has 34 heavy (non-hydrogen) atoms. The van der Waals surface area contributed by atoms with Gasteiger partial charge in [-0.25, -0.2) is 0 Å². The first-order valence-corrected chi connectivity index (χ1v) is 11.7. The number of para-hydroxylation sites is 2. The van der Waals surface area contributed by atoms with Gasteiger partial charge in [-0.15, -0.1) is 5.10 Å². The molecule has 4 rings (SSSR count). The third-order valence-electron chi connectivity index (χ3n) is 5.14. The summed E-state index contributed by atoms with van der Waals surface area (Å²) in [7, 11) is 0. The lowest BCUT2D eigenvalue weighted by Crippen LogP contribution is -2.25. The molecule has 8 nitrogen and oxygen atoms in total. The van der Waals surface area contributed by atoms with Crippen LogP contribution in [0.25, 0.3) is 5.69 Å². The van der Waals surface area contributed by atoms with Crippen LogP contribution in [-0.2, 0) is 11.3 Å². The highest BCUT2D eigenvalue weighted by atomic mass is 32.2. The lowest BCUT2D eigenvalue weighted by atomic mass is 10.1. The van der Waals surface area contributed by atoms with Crippen molar-refractivity contribution in [2.45, 2.75) is 25.5 Å². The molecular weight excluding hydrogens is 448 g/mol. The average Bonchev–Trinajstić information content (AvgIpc) is 3.31. The predicted molar refractivity (Wildman–Crippen MR) is 132 cm³/mol. The molecule has 1 heterocycles. The monoisotopic (exact) mass is 472 g/mol. The number of thioether (sulfide) groups is 1. The molecule has 0 spiro atoms. The largest absolute Gasteiger partial charge is 0.348 e. The Bertz CT molecular complexity index is 1300. The second-order valence-corrected chi connectivity index (χ2v) is 8.65. The Kier molecular flexibility index (Phi) is 7.34. The van der Waals surface area contributed by atoms with E-state index in [1.807, 2.05) is 62.4 Å². The molecule has 0 aliphatic heterocycles. The van der Waals surface area contributed by atoms with Gasteiger partial charge in [-0.3, -0.25) is 9.59 Å². The van der Waals surface area contributed by atoms with Crippen LogP contribution in [0.5, 0.6) is 0 Å². The summed E-state index contributed by atoms with van der Waals surface area (Å²) >= 11 is 1.22. The van der Waals surface area contributed by atoms with E-state index < -0.39 is 0 Å². The number of rotatable bonds is 8. The maximum atomic E-state index is 12.8. The number of tetrazole rings is 1. The standard InChI is InChI=1S/C25H24N6O2S/c1-17-11-13-19(14-12-17)15-26-24(33)20-8-4-5-9-21(20)27-23(32)16-34-25-28-29-30-31(25)22-10-6-3-7-18(22)2/h3-14H,15-16H2,1-2H3,(H,26,33)(H,27,32). The van der Waals surface area contributed by atoms with Crippen molar-refractivity contribution in [3.63, 3.8) is 0 Å². The van der Waals surface area contributed by atoms with Crippen molar-refractivity contribution in [1.82, 2.24) is 25.5 Å². The van der Waals surface area contributed by atoms with Crippen molar-refractivity contribution in [3.8, 4) is 5.69 Å². The smallest absolute Gasteiger partial charge is 0.253 e. The molecule has 0 atom stereocenters. The summed E-state index contributed by atoms with van der Waals surface area (Å²) in [6.07, 6.45) is 0. The van der Waals surface area contributed by atoms with Crippen LogP contribution >= 0.6 is 11.8 Å². The van der Waals surface area contributed by atoms with Crippen molar-refractivity contribution in [3.05, 3.63) is 95.1 Å². The molecule has 172 valence electrons. The lowest BCUT2D eigenvalue weighted by Gasteiger charge is -2.12. The van der Waals surface area contributed by atoms with Crippen molar-refractivity contribution in [1.29, 1.82) is 0 Å². The second kappa shape index (κ2) is 10.8. The molecule has 3 aromatic carbocycles. The number of carbonyl (C=O) groups is 2. The number of nitrogens with one attached hydrogen (secondary N) is 2. The summed E-state index contributed by atoms with van der Waals surface area (Å²) in [6.45, 7) is 4.39. The molecule has 0 aliphatic rings. The molecule has 0 saturated carbocycles. The summed E-state index contributed by atoms with van der Waals surface area (Å²) < 4.78 is 1.61. The zero-order chi connectivity index (χ0) is 23.9. The molecule has 2 N–H and O–H groups in total. The topological polar surface area (TPSA) is 102 Å². The van der Waals surface area contributed by atoms with Crippen LogP contribution in [0, 0.1) is 13.8 Å². The molecule has 0 saturated heterocycles. The van der Waals surface area contributed by atoms with Crippen molar-refractivity contribution >= 4 is 29.3 Å². The van der Waals surface area contributed by atoms with Gasteiger partial charge in [-0.05, 0) is 53.6 Å². The Morgan fingerprint density at radius 1 is 0.941 bits per heavy atom. The Hall–Kier alpha value is -3.98. The minimum Gasteiger partial charge on any atom is -0.348 e. The molecule has 0 fully saturated rings. The third kappa shape index (κ3) is 5.68. The number of aryl methyl sites for hydroxylation is 2. The number of carbonyl (C=O) groups excluding carboxylic acids is 2. The summed E-state index contributed by atoms with van der Waals surface area (Å²) in [6, 6.07) is 22.6. The molecule has 0 unspecified atom stereocenters. The van der Waals surface area contributed by atoms with E-state index >= 15 is 0 Å².